The Morgan fingerprint density at radius 2 is 2.15 bits per heavy atom. The van der Waals surface area contributed by atoms with E-state index in [1.54, 1.807) is 0 Å². The van der Waals surface area contributed by atoms with Gasteiger partial charge in [0.15, 0.2) is 0 Å². The van der Waals surface area contributed by atoms with Crippen LogP contribution in [-0.2, 0) is 4.79 Å². The molecular weight excluding hydrogens is 248 g/mol. The van der Waals surface area contributed by atoms with E-state index in [-0.39, 0.29) is 5.91 Å². The molecule has 1 heterocycles. The third-order valence-electron chi connectivity index (χ3n) is 5.96. The fraction of sp³-hybridized carbons (Fsp3) is 0.941. The zero-order valence-electron chi connectivity index (χ0n) is 12.9. The van der Waals surface area contributed by atoms with Gasteiger partial charge in [-0.25, -0.2) is 0 Å². The second-order valence-corrected chi connectivity index (χ2v) is 7.38. The fourth-order valence-corrected chi connectivity index (χ4v) is 4.82. The van der Waals surface area contributed by atoms with Crippen molar-refractivity contribution in [2.45, 2.75) is 76.8 Å². The Morgan fingerprint density at radius 3 is 2.80 bits per heavy atom. The molecule has 3 nitrogen and oxygen atoms in total. The number of rotatable bonds is 5. The summed E-state index contributed by atoms with van der Waals surface area (Å²) >= 11 is 0. The first-order valence-corrected chi connectivity index (χ1v) is 8.75. The third-order valence-corrected chi connectivity index (χ3v) is 5.96. The van der Waals surface area contributed by atoms with Crippen LogP contribution in [-0.4, -0.2) is 24.5 Å². The molecule has 0 aromatic heterocycles. The minimum absolute atomic E-state index is 0.271. The van der Waals surface area contributed by atoms with Crippen LogP contribution in [0.3, 0.4) is 0 Å². The third kappa shape index (κ3) is 3.36. The van der Waals surface area contributed by atoms with Gasteiger partial charge in [-0.2, -0.15) is 0 Å². The lowest BCUT2D eigenvalue weighted by Gasteiger charge is -2.29. The molecule has 1 amide bonds. The van der Waals surface area contributed by atoms with Crippen molar-refractivity contribution >= 4 is 5.91 Å². The number of piperidine rings is 1. The molecule has 20 heavy (non-hydrogen) atoms. The molecule has 3 rings (SSSR count). The van der Waals surface area contributed by atoms with Crippen LogP contribution in [0.1, 0.15) is 64.7 Å². The monoisotopic (exact) mass is 278 g/mol. The van der Waals surface area contributed by atoms with E-state index in [1.165, 1.54) is 44.9 Å². The summed E-state index contributed by atoms with van der Waals surface area (Å²) in [6.45, 7) is 3.36. The second-order valence-electron chi connectivity index (χ2n) is 7.38. The molecule has 0 aromatic rings. The number of hydrogen-bond acceptors (Lipinski definition) is 2. The topological polar surface area (TPSA) is 41.1 Å². The van der Waals surface area contributed by atoms with Gasteiger partial charge in [0, 0.05) is 18.5 Å². The summed E-state index contributed by atoms with van der Waals surface area (Å²) in [5, 5.41) is 6.80. The zero-order chi connectivity index (χ0) is 13.9. The average Bonchev–Trinajstić information content (AvgIpc) is 3.09. The predicted octanol–water partition coefficient (Wildman–Crippen LogP) is 2.85. The normalized spacial score (nSPS) is 37.9. The van der Waals surface area contributed by atoms with E-state index >= 15 is 0 Å². The molecule has 2 aliphatic carbocycles. The quantitative estimate of drug-likeness (QED) is 0.812. The predicted molar refractivity (Wildman–Crippen MR) is 81.4 cm³/mol. The number of fused-ring (bicyclic) bond motifs is 2. The van der Waals surface area contributed by atoms with Crippen molar-refractivity contribution in [3.05, 3.63) is 0 Å². The highest BCUT2D eigenvalue weighted by Gasteiger charge is 2.42. The molecule has 0 radical (unpaired) electrons. The number of carbonyl (C=O) groups excluding carboxylic acids is 1. The van der Waals surface area contributed by atoms with Gasteiger partial charge in [0.25, 0.3) is 0 Å². The van der Waals surface area contributed by atoms with E-state index in [0.717, 1.165) is 30.7 Å². The van der Waals surface area contributed by atoms with Gasteiger partial charge in [-0.05, 0) is 69.7 Å². The van der Waals surface area contributed by atoms with Gasteiger partial charge in [-0.15, -0.1) is 0 Å². The molecule has 0 aromatic carbocycles. The first kappa shape index (κ1) is 14.4. The standard InChI is InChI=1S/C17H30N2O/c1-12(16-11-13-5-6-14(16)10-13)19-17(20)8-7-15-4-2-3-9-18-15/h12-16,18H,2-11H2,1H3,(H,19,20). The van der Waals surface area contributed by atoms with Crippen molar-refractivity contribution in [3.8, 4) is 0 Å². The van der Waals surface area contributed by atoms with Gasteiger partial charge < -0.3 is 10.6 Å². The minimum atomic E-state index is 0.271. The molecule has 3 fully saturated rings. The van der Waals surface area contributed by atoms with Crippen LogP contribution < -0.4 is 10.6 Å². The van der Waals surface area contributed by atoms with Crippen LogP contribution in [0, 0.1) is 17.8 Å². The summed E-state index contributed by atoms with van der Waals surface area (Å²) in [6.07, 6.45) is 11.2. The molecule has 3 heteroatoms. The van der Waals surface area contributed by atoms with Gasteiger partial charge >= 0.3 is 0 Å². The molecule has 1 saturated heterocycles. The molecule has 3 aliphatic rings. The van der Waals surface area contributed by atoms with Crippen LogP contribution in [0.5, 0.6) is 0 Å². The van der Waals surface area contributed by atoms with Crippen LogP contribution in [0.25, 0.3) is 0 Å². The Kier molecular flexibility index (Phi) is 4.65. The average molecular weight is 278 g/mol. The summed E-state index contributed by atoms with van der Waals surface area (Å²) < 4.78 is 0. The number of hydrogen-bond donors (Lipinski definition) is 2. The van der Waals surface area contributed by atoms with E-state index in [1.807, 2.05) is 0 Å². The lowest BCUT2D eigenvalue weighted by molar-refractivity contribution is -0.122. The zero-order valence-corrected chi connectivity index (χ0v) is 12.9. The maximum absolute atomic E-state index is 12.1. The molecule has 5 unspecified atom stereocenters. The van der Waals surface area contributed by atoms with Crippen molar-refractivity contribution in [2.24, 2.45) is 17.8 Å². The number of nitrogens with one attached hydrogen (secondary N) is 2. The van der Waals surface area contributed by atoms with Crippen molar-refractivity contribution in [3.63, 3.8) is 0 Å². The Bertz CT molecular complexity index is 338. The Hall–Kier alpha value is -0.570. The summed E-state index contributed by atoms with van der Waals surface area (Å²) in [6, 6.07) is 0.962. The summed E-state index contributed by atoms with van der Waals surface area (Å²) in [7, 11) is 0. The maximum Gasteiger partial charge on any atom is 0.220 e. The molecule has 1 aliphatic heterocycles. The molecular formula is C17H30N2O. The van der Waals surface area contributed by atoms with Crippen LogP contribution in [0.15, 0.2) is 0 Å². The number of amides is 1. The van der Waals surface area contributed by atoms with Crippen molar-refractivity contribution in [2.75, 3.05) is 6.54 Å². The molecule has 2 bridgehead atoms. The van der Waals surface area contributed by atoms with Gasteiger partial charge in [0.05, 0.1) is 0 Å². The first-order valence-electron chi connectivity index (χ1n) is 8.75. The van der Waals surface area contributed by atoms with Crippen LogP contribution in [0.2, 0.25) is 0 Å². The lowest BCUT2D eigenvalue weighted by Crippen LogP contribution is -2.41. The highest BCUT2D eigenvalue weighted by atomic mass is 16.1. The van der Waals surface area contributed by atoms with Crippen LogP contribution >= 0.6 is 0 Å². The Morgan fingerprint density at radius 1 is 1.25 bits per heavy atom. The van der Waals surface area contributed by atoms with E-state index < -0.39 is 0 Å². The van der Waals surface area contributed by atoms with Gasteiger partial charge in [0.2, 0.25) is 5.91 Å². The van der Waals surface area contributed by atoms with Crippen LogP contribution in [0.4, 0.5) is 0 Å². The number of carbonyl (C=O) groups is 1. The molecule has 5 atom stereocenters. The SMILES string of the molecule is CC(NC(=O)CCC1CCCCN1)C1CC2CCC1C2. The van der Waals surface area contributed by atoms with E-state index in [0.29, 0.717) is 18.5 Å². The van der Waals surface area contributed by atoms with Gasteiger partial charge in [-0.3, -0.25) is 4.79 Å². The van der Waals surface area contributed by atoms with E-state index in [4.69, 9.17) is 0 Å². The fourth-order valence-electron chi connectivity index (χ4n) is 4.82. The van der Waals surface area contributed by atoms with Crippen molar-refractivity contribution in [1.82, 2.24) is 10.6 Å². The summed E-state index contributed by atoms with van der Waals surface area (Å²) in [4.78, 5) is 12.1. The smallest absolute Gasteiger partial charge is 0.220 e. The molecule has 114 valence electrons. The largest absolute Gasteiger partial charge is 0.353 e. The van der Waals surface area contributed by atoms with Gasteiger partial charge in [0.1, 0.15) is 0 Å². The summed E-state index contributed by atoms with van der Waals surface area (Å²) in [5.41, 5.74) is 0. The Labute approximate surface area is 123 Å². The van der Waals surface area contributed by atoms with E-state index in [2.05, 4.69) is 17.6 Å². The molecule has 2 N–H and O–H groups in total. The second kappa shape index (κ2) is 6.46. The molecule has 2 saturated carbocycles. The highest BCUT2D eigenvalue weighted by Crippen LogP contribution is 2.49. The maximum atomic E-state index is 12.1. The van der Waals surface area contributed by atoms with Crippen molar-refractivity contribution in [1.29, 1.82) is 0 Å². The summed E-state index contributed by atoms with van der Waals surface area (Å²) in [5.74, 6) is 2.89. The van der Waals surface area contributed by atoms with Crippen molar-refractivity contribution < 1.29 is 4.79 Å². The lowest BCUT2D eigenvalue weighted by atomic mass is 9.84. The minimum Gasteiger partial charge on any atom is -0.353 e. The molecule has 0 spiro atoms. The highest BCUT2D eigenvalue weighted by molar-refractivity contribution is 5.76. The van der Waals surface area contributed by atoms with E-state index in [9.17, 15) is 4.79 Å². The van der Waals surface area contributed by atoms with Gasteiger partial charge in [-0.1, -0.05) is 12.8 Å². The first-order chi connectivity index (χ1) is 9.72. The Balaban J connectivity index is 1.37.